The molecule has 1 amide bonds. The Hall–Kier alpha value is -2.34. The van der Waals surface area contributed by atoms with Crippen LogP contribution in [0.3, 0.4) is 0 Å². The van der Waals surface area contributed by atoms with Crippen molar-refractivity contribution in [1.82, 2.24) is 0 Å². The summed E-state index contributed by atoms with van der Waals surface area (Å²) in [4.78, 5) is 12.4. The molecular formula is C20H24N2O3S. The Balaban J connectivity index is 1.74. The summed E-state index contributed by atoms with van der Waals surface area (Å²) in [7, 11) is -2.17. The number of carbonyl (C=O) groups excluding carboxylic acids is 1. The highest BCUT2D eigenvalue weighted by Gasteiger charge is 2.22. The van der Waals surface area contributed by atoms with Crippen molar-refractivity contribution in [2.75, 3.05) is 16.7 Å². The number of carbonyl (C=O) groups is 1. The summed E-state index contributed by atoms with van der Waals surface area (Å²) >= 11 is 0. The van der Waals surface area contributed by atoms with Crippen LogP contribution >= 0.6 is 0 Å². The van der Waals surface area contributed by atoms with Crippen LogP contribution in [-0.4, -0.2) is 21.4 Å². The minimum atomic E-state index is -3.69. The Morgan fingerprint density at radius 2 is 1.77 bits per heavy atom. The van der Waals surface area contributed by atoms with Crippen molar-refractivity contribution in [2.24, 2.45) is 5.92 Å². The molecule has 0 spiro atoms. The summed E-state index contributed by atoms with van der Waals surface area (Å²) in [6.45, 7) is 0. The molecule has 1 saturated carbocycles. The maximum Gasteiger partial charge on any atom is 0.264 e. The van der Waals surface area contributed by atoms with Gasteiger partial charge in [0, 0.05) is 19.2 Å². The molecule has 0 aromatic heterocycles. The lowest BCUT2D eigenvalue weighted by Crippen LogP contribution is -2.26. The predicted molar refractivity (Wildman–Crippen MR) is 104 cm³/mol. The van der Waals surface area contributed by atoms with Gasteiger partial charge in [-0.15, -0.1) is 0 Å². The summed E-state index contributed by atoms with van der Waals surface area (Å²) < 4.78 is 27.0. The fourth-order valence-electron chi connectivity index (χ4n) is 3.36. The first-order valence-corrected chi connectivity index (χ1v) is 10.3. The van der Waals surface area contributed by atoms with Crippen LogP contribution < -0.4 is 9.62 Å². The standard InChI is InChI=1S/C20H24N2O3S/c1-22(18-11-3-2-4-12-18)26(24,25)19-13-7-10-17(15-19)21-20(23)14-16-8-5-6-9-16/h2-4,7,10-13,15-16H,5-6,8-9,14H2,1H3,(H,21,23). The molecule has 0 saturated heterocycles. The zero-order valence-corrected chi connectivity index (χ0v) is 15.7. The van der Waals surface area contributed by atoms with Crippen LogP contribution in [0.5, 0.6) is 0 Å². The average molecular weight is 372 g/mol. The maximum atomic E-state index is 12.9. The predicted octanol–water partition coefficient (Wildman–Crippen LogP) is 4.03. The number of nitrogens with one attached hydrogen (secondary N) is 1. The normalized spacial score (nSPS) is 15.0. The molecule has 2 aromatic rings. The van der Waals surface area contributed by atoms with Crippen LogP contribution in [0.25, 0.3) is 0 Å². The highest BCUT2D eigenvalue weighted by Crippen LogP contribution is 2.28. The van der Waals surface area contributed by atoms with E-state index in [2.05, 4.69) is 5.32 Å². The van der Waals surface area contributed by atoms with Gasteiger partial charge in [-0.1, -0.05) is 37.1 Å². The molecule has 3 rings (SSSR count). The van der Waals surface area contributed by atoms with E-state index in [0.717, 1.165) is 12.8 Å². The summed E-state index contributed by atoms with van der Waals surface area (Å²) in [6, 6.07) is 15.3. The first-order valence-electron chi connectivity index (χ1n) is 8.91. The van der Waals surface area contributed by atoms with Crippen LogP contribution in [0.4, 0.5) is 11.4 Å². The zero-order chi connectivity index (χ0) is 18.6. The fourth-order valence-corrected chi connectivity index (χ4v) is 4.60. The SMILES string of the molecule is CN(c1ccccc1)S(=O)(=O)c1cccc(NC(=O)CC2CCCC2)c1. The summed E-state index contributed by atoms with van der Waals surface area (Å²) in [5.41, 5.74) is 1.10. The Morgan fingerprint density at radius 1 is 1.08 bits per heavy atom. The summed E-state index contributed by atoms with van der Waals surface area (Å²) in [5, 5.41) is 2.84. The number of nitrogens with zero attached hydrogens (tertiary/aromatic N) is 1. The lowest BCUT2D eigenvalue weighted by atomic mass is 10.0. The van der Waals surface area contributed by atoms with Gasteiger partial charge in [0.25, 0.3) is 10.0 Å². The Bertz CT molecular complexity index is 860. The smallest absolute Gasteiger partial charge is 0.264 e. The third kappa shape index (κ3) is 4.25. The highest BCUT2D eigenvalue weighted by molar-refractivity contribution is 7.92. The molecule has 0 heterocycles. The Morgan fingerprint density at radius 3 is 2.46 bits per heavy atom. The number of anilines is 2. The molecule has 0 aliphatic heterocycles. The summed E-state index contributed by atoms with van der Waals surface area (Å²) in [6.07, 6.45) is 5.09. The number of amides is 1. The third-order valence-electron chi connectivity index (χ3n) is 4.84. The zero-order valence-electron chi connectivity index (χ0n) is 14.9. The van der Waals surface area contributed by atoms with E-state index < -0.39 is 10.0 Å². The van der Waals surface area contributed by atoms with Crippen molar-refractivity contribution >= 4 is 27.3 Å². The van der Waals surface area contributed by atoms with E-state index in [0.29, 0.717) is 23.7 Å². The van der Waals surface area contributed by atoms with Crippen molar-refractivity contribution in [3.8, 4) is 0 Å². The van der Waals surface area contributed by atoms with Gasteiger partial charge in [0.2, 0.25) is 5.91 Å². The molecule has 0 atom stereocenters. The average Bonchev–Trinajstić information content (AvgIpc) is 3.14. The number of benzene rings is 2. The molecule has 6 heteroatoms. The van der Waals surface area contributed by atoms with Crippen LogP contribution in [0.15, 0.2) is 59.5 Å². The number of para-hydroxylation sites is 1. The van der Waals surface area contributed by atoms with Gasteiger partial charge < -0.3 is 5.32 Å². The molecule has 5 nitrogen and oxygen atoms in total. The molecular weight excluding hydrogens is 348 g/mol. The molecule has 2 aromatic carbocycles. The molecule has 1 aliphatic rings. The molecule has 26 heavy (non-hydrogen) atoms. The topological polar surface area (TPSA) is 66.5 Å². The van der Waals surface area contributed by atoms with Crippen LogP contribution in [-0.2, 0) is 14.8 Å². The van der Waals surface area contributed by atoms with Gasteiger partial charge in [-0.3, -0.25) is 9.10 Å². The Labute approximate surface area is 155 Å². The van der Waals surface area contributed by atoms with Gasteiger partial charge in [0.1, 0.15) is 0 Å². The second-order valence-electron chi connectivity index (χ2n) is 6.74. The van der Waals surface area contributed by atoms with Crippen molar-refractivity contribution in [3.05, 3.63) is 54.6 Å². The largest absolute Gasteiger partial charge is 0.326 e. The summed E-state index contributed by atoms with van der Waals surface area (Å²) in [5.74, 6) is 0.397. The lowest BCUT2D eigenvalue weighted by Gasteiger charge is -2.20. The van der Waals surface area contributed by atoms with Crippen LogP contribution in [0, 0.1) is 5.92 Å². The minimum absolute atomic E-state index is 0.0529. The van der Waals surface area contributed by atoms with E-state index in [1.54, 1.807) is 42.5 Å². The molecule has 0 bridgehead atoms. The van der Waals surface area contributed by atoms with Gasteiger partial charge in [-0.2, -0.15) is 0 Å². The van der Waals surface area contributed by atoms with Gasteiger partial charge in [-0.05, 0) is 49.1 Å². The van der Waals surface area contributed by atoms with Crippen molar-refractivity contribution in [3.63, 3.8) is 0 Å². The van der Waals surface area contributed by atoms with Gasteiger partial charge >= 0.3 is 0 Å². The van der Waals surface area contributed by atoms with Gasteiger partial charge in [0.05, 0.1) is 10.6 Å². The molecule has 138 valence electrons. The second kappa shape index (κ2) is 7.91. The van der Waals surface area contributed by atoms with Crippen LogP contribution in [0.1, 0.15) is 32.1 Å². The van der Waals surface area contributed by atoms with Crippen LogP contribution in [0.2, 0.25) is 0 Å². The first kappa shape index (κ1) is 18.5. The third-order valence-corrected chi connectivity index (χ3v) is 6.63. The molecule has 0 radical (unpaired) electrons. The van der Waals surface area contributed by atoms with E-state index in [1.807, 2.05) is 6.07 Å². The minimum Gasteiger partial charge on any atom is -0.326 e. The van der Waals surface area contributed by atoms with Crippen molar-refractivity contribution in [1.29, 1.82) is 0 Å². The second-order valence-corrected chi connectivity index (χ2v) is 8.71. The lowest BCUT2D eigenvalue weighted by molar-refractivity contribution is -0.117. The van der Waals surface area contributed by atoms with E-state index in [4.69, 9.17) is 0 Å². The van der Waals surface area contributed by atoms with Gasteiger partial charge in [-0.25, -0.2) is 8.42 Å². The highest BCUT2D eigenvalue weighted by atomic mass is 32.2. The Kier molecular flexibility index (Phi) is 5.61. The number of rotatable bonds is 6. The fraction of sp³-hybridized carbons (Fsp3) is 0.350. The monoisotopic (exact) mass is 372 g/mol. The van der Waals surface area contributed by atoms with E-state index >= 15 is 0 Å². The van der Waals surface area contributed by atoms with E-state index in [1.165, 1.54) is 30.3 Å². The van der Waals surface area contributed by atoms with E-state index in [9.17, 15) is 13.2 Å². The molecule has 0 unspecified atom stereocenters. The van der Waals surface area contributed by atoms with E-state index in [-0.39, 0.29) is 10.8 Å². The maximum absolute atomic E-state index is 12.9. The number of sulfonamides is 1. The number of hydrogen-bond donors (Lipinski definition) is 1. The molecule has 1 N–H and O–H groups in total. The molecule has 1 fully saturated rings. The first-order chi connectivity index (χ1) is 12.5. The molecule has 1 aliphatic carbocycles. The van der Waals surface area contributed by atoms with Crippen molar-refractivity contribution in [2.45, 2.75) is 37.0 Å². The number of hydrogen-bond acceptors (Lipinski definition) is 3. The van der Waals surface area contributed by atoms with Gasteiger partial charge in [0.15, 0.2) is 0 Å². The quantitative estimate of drug-likeness (QED) is 0.832. The van der Waals surface area contributed by atoms with Crippen molar-refractivity contribution < 1.29 is 13.2 Å².